The highest BCUT2D eigenvalue weighted by Gasteiger charge is 2.32. The molecule has 0 aromatic heterocycles. The van der Waals surface area contributed by atoms with Gasteiger partial charge in [-0.15, -0.1) is 0 Å². The van der Waals surface area contributed by atoms with Crippen molar-refractivity contribution in [2.75, 3.05) is 0 Å². The maximum absolute atomic E-state index is 12.6. The van der Waals surface area contributed by atoms with Crippen LogP contribution in [0.25, 0.3) is 22.3 Å². The molecule has 0 amide bonds. The Morgan fingerprint density at radius 1 is 0.455 bits per heavy atom. The quantitative estimate of drug-likeness (QED) is 0.621. The fourth-order valence-electron chi connectivity index (χ4n) is 3.03. The maximum Gasteiger partial charge on any atom is 0.234 e. The van der Waals surface area contributed by atoms with Crippen molar-refractivity contribution < 1.29 is 9.59 Å². The lowest BCUT2D eigenvalue weighted by Crippen LogP contribution is -2.22. The van der Waals surface area contributed by atoms with E-state index in [-0.39, 0.29) is 0 Å². The Bertz CT molecular complexity index is 894. The van der Waals surface area contributed by atoms with Crippen LogP contribution in [0.2, 0.25) is 0 Å². The molecule has 0 aliphatic heterocycles. The second-order valence-corrected chi connectivity index (χ2v) is 5.30. The van der Waals surface area contributed by atoms with Gasteiger partial charge in [0.15, 0.2) is 0 Å². The average Bonchev–Trinajstić information content (AvgIpc) is 2.60. The predicted octanol–water partition coefficient (Wildman–Crippen LogP) is 4.40. The Morgan fingerprint density at radius 3 is 1.82 bits per heavy atom. The van der Waals surface area contributed by atoms with E-state index in [1.807, 2.05) is 60.7 Å². The van der Waals surface area contributed by atoms with E-state index in [2.05, 4.69) is 0 Å². The Morgan fingerprint density at radius 2 is 1.05 bits per heavy atom. The maximum atomic E-state index is 12.6. The second-order valence-electron chi connectivity index (χ2n) is 5.30. The van der Waals surface area contributed by atoms with Crippen molar-refractivity contribution in [3.05, 3.63) is 83.9 Å². The largest absolute Gasteiger partial charge is 0.285 e. The summed E-state index contributed by atoms with van der Waals surface area (Å²) < 4.78 is 0. The summed E-state index contributed by atoms with van der Waals surface area (Å²) in [7, 11) is 0. The van der Waals surface area contributed by atoms with Gasteiger partial charge in [0.05, 0.1) is 0 Å². The van der Waals surface area contributed by atoms with Gasteiger partial charge < -0.3 is 0 Å². The molecule has 0 atom stereocenters. The lowest BCUT2D eigenvalue weighted by atomic mass is 9.80. The van der Waals surface area contributed by atoms with Gasteiger partial charge in [-0.25, -0.2) is 0 Å². The molecular weight excluding hydrogens is 272 g/mol. The molecular formula is C20H12O2. The SMILES string of the molecule is O=C1C(=O)c2c(-c3ccccc3)cccc2-c2ccccc21. The first-order valence-corrected chi connectivity index (χ1v) is 7.14. The van der Waals surface area contributed by atoms with Crippen molar-refractivity contribution in [2.24, 2.45) is 0 Å². The Hall–Kier alpha value is -3.00. The molecule has 0 saturated carbocycles. The van der Waals surface area contributed by atoms with Gasteiger partial charge in [-0.1, -0.05) is 72.8 Å². The molecule has 0 spiro atoms. The van der Waals surface area contributed by atoms with Gasteiger partial charge >= 0.3 is 0 Å². The molecule has 0 bridgehead atoms. The van der Waals surface area contributed by atoms with Crippen LogP contribution in [-0.2, 0) is 0 Å². The van der Waals surface area contributed by atoms with E-state index in [0.717, 1.165) is 22.3 Å². The molecule has 0 unspecified atom stereocenters. The molecule has 0 N–H and O–H groups in total. The van der Waals surface area contributed by atoms with E-state index < -0.39 is 11.6 Å². The fraction of sp³-hybridized carbons (Fsp3) is 0. The van der Waals surface area contributed by atoms with Crippen LogP contribution in [-0.4, -0.2) is 11.6 Å². The van der Waals surface area contributed by atoms with Crippen LogP contribution in [0.5, 0.6) is 0 Å². The van der Waals surface area contributed by atoms with Crippen LogP contribution in [0.15, 0.2) is 72.8 Å². The normalized spacial score (nSPS) is 12.7. The highest BCUT2D eigenvalue weighted by atomic mass is 16.2. The minimum atomic E-state index is -0.425. The number of Topliss-reactive ketones (excluding diaryl/α,β-unsaturated/α-hetero) is 2. The second kappa shape index (κ2) is 4.78. The van der Waals surface area contributed by atoms with Crippen LogP contribution >= 0.6 is 0 Å². The highest BCUT2D eigenvalue weighted by molar-refractivity contribution is 6.53. The molecule has 3 aromatic rings. The van der Waals surface area contributed by atoms with Gasteiger partial charge in [-0.05, 0) is 22.3 Å². The third kappa shape index (κ3) is 1.74. The van der Waals surface area contributed by atoms with Crippen molar-refractivity contribution >= 4 is 11.6 Å². The van der Waals surface area contributed by atoms with Crippen LogP contribution in [0, 0.1) is 0 Å². The summed E-state index contributed by atoms with van der Waals surface area (Å²) in [6.45, 7) is 0. The van der Waals surface area contributed by atoms with E-state index >= 15 is 0 Å². The van der Waals surface area contributed by atoms with Crippen molar-refractivity contribution in [1.82, 2.24) is 0 Å². The number of benzene rings is 3. The number of hydrogen-bond donors (Lipinski definition) is 0. The Balaban J connectivity index is 2.07. The van der Waals surface area contributed by atoms with Gasteiger partial charge in [-0.3, -0.25) is 9.59 Å². The van der Waals surface area contributed by atoms with E-state index in [1.54, 1.807) is 12.1 Å². The van der Waals surface area contributed by atoms with Crippen molar-refractivity contribution in [2.45, 2.75) is 0 Å². The fourth-order valence-corrected chi connectivity index (χ4v) is 3.03. The molecule has 22 heavy (non-hydrogen) atoms. The third-order valence-corrected chi connectivity index (χ3v) is 4.04. The Labute approximate surface area is 128 Å². The van der Waals surface area contributed by atoms with Crippen LogP contribution in [0.4, 0.5) is 0 Å². The van der Waals surface area contributed by atoms with Gasteiger partial charge in [0, 0.05) is 11.1 Å². The molecule has 104 valence electrons. The molecule has 2 nitrogen and oxygen atoms in total. The summed E-state index contributed by atoms with van der Waals surface area (Å²) in [5, 5.41) is 0. The lowest BCUT2D eigenvalue weighted by molar-refractivity contribution is 0.0815. The smallest absolute Gasteiger partial charge is 0.234 e. The van der Waals surface area contributed by atoms with Crippen molar-refractivity contribution in [3.8, 4) is 22.3 Å². The topological polar surface area (TPSA) is 34.1 Å². The number of ketones is 2. The number of hydrogen-bond acceptors (Lipinski definition) is 2. The van der Waals surface area contributed by atoms with E-state index in [9.17, 15) is 9.59 Å². The zero-order chi connectivity index (χ0) is 15.1. The average molecular weight is 284 g/mol. The van der Waals surface area contributed by atoms with Gasteiger partial charge in [0.2, 0.25) is 11.6 Å². The third-order valence-electron chi connectivity index (χ3n) is 4.04. The molecule has 0 saturated heterocycles. The molecule has 0 radical (unpaired) electrons. The number of fused-ring (bicyclic) bond motifs is 3. The van der Waals surface area contributed by atoms with E-state index in [1.165, 1.54) is 0 Å². The van der Waals surface area contributed by atoms with Crippen molar-refractivity contribution in [1.29, 1.82) is 0 Å². The monoisotopic (exact) mass is 284 g/mol. The number of carbonyl (C=O) groups is 2. The molecule has 4 rings (SSSR count). The lowest BCUT2D eigenvalue weighted by Gasteiger charge is -2.20. The van der Waals surface area contributed by atoms with E-state index in [0.29, 0.717) is 11.1 Å². The highest BCUT2D eigenvalue weighted by Crippen LogP contribution is 2.38. The summed E-state index contributed by atoms with van der Waals surface area (Å²) in [5.41, 5.74) is 4.43. The van der Waals surface area contributed by atoms with Gasteiger partial charge in [0.1, 0.15) is 0 Å². The molecule has 0 fully saturated rings. The summed E-state index contributed by atoms with van der Waals surface area (Å²) in [6.07, 6.45) is 0. The molecule has 0 heterocycles. The first kappa shape index (κ1) is 12.7. The minimum absolute atomic E-state index is 0.423. The first-order chi connectivity index (χ1) is 10.8. The number of carbonyl (C=O) groups excluding carboxylic acids is 2. The van der Waals surface area contributed by atoms with Gasteiger partial charge in [-0.2, -0.15) is 0 Å². The van der Waals surface area contributed by atoms with Crippen LogP contribution in [0.3, 0.4) is 0 Å². The van der Waals surface area contributed by atoms with Gasteiger partial charge in [0.25, 0.3) is 0 Å². The van der Waals surface area contributed by atoms with Crippen LogP contribution in [0.1, 0.15) is 20.7 Å². The standard InChI is InChI=1S/C20H12O2/c21-19-17-10-5-4-9-15(17)16-12-6-11-14(18(16)20(19)22)13-7-2-1-3-8-13/h1-12H. The molecule has 1 aliphatic rings. The number of rotatable bonds is 1. The summed E-state index contributed by atoms with van der Waals surface area (Å²) >= 11 is 0. The zero-order valence-corrected chi connectivity index (χ0v) is 11.7. The summed E-state index contributed by atoms with van der Waals surface area (Å²) in [6, 6.07) is 22.7. The van der Waals surface area contributed by atoms with E-state index in [4.69, 9.17) is 0 Å². The zero-order valence-electron chi connectivity index (χ0n) is 11.7. The van der Waals surface area contributed by atoms with Crippen LogP contribution < -0.4 is 0 Å². The predicted molar refractivity (Wildman–Crippen MR) is 86.0 cm³/mol. The summed E-state index contributed by atoms with van der Waals surface area (Å²) in [5.74, 6) is -0.848. The first-order valence-electron chi connectivity index (χ1n) is 7.14. The summed E-state index contributed by atoms with van der Waals surface area (Å²) in [4.78, 5) is 25.0. The Kier molecular flexibility index (Phi) is 2.76. The molecule has 3 aromatic carbocycles. The molecule has 2 heteroatoms. The van der Waals surface area contributed by atoms with Crippen molar-refractivity contribution in [3.63, 3.8) is 0 Å². The molecule has 1 aliphatic carbocycles. The minimum Gasteiger partial charge on any atom is -0.285 e.